The molecule has 1 aliphatic rings. The standard InChI is InChI=1S/C33H36N4O5S/c1-4-42-27-19-13-24(14-20-27)37(33(39)31-28(34)29(36-43-31)21-9-15-25(40-2)16-10-21)30(22-11-17-26(41-3)18-12-22)32(38)35-23-7-5-6-8-23/h9-20,23,30H,4-8,34H2,1-3H3,(H,35,38)/t30-/m1/s1. The van der Waals surface area contributed by atoms with Crippen LogP contribution in [0, 0.1) is 0 Å². The number of hydrogen-bond donors (Lipinski definition) is 2. The zero-order chi connectivity index (χ0) is 30.3. The van der Waals surface area contributed by atoms with E-state index in [0.717, 1.165) is 42.8 Å². The van der Waals surface area contributed by atoms with Gasteiger partial charge in [0.25, 0.3) is 5.91 Å². The Morgan fingerprint density at radius 1 is 0.930 bits per heavy atom. The second-order valence-corrected chi connectivity index (χ2v) is 11.0. The van der Waals surface area contributed by atoms with Crippen LogP contribution in [0.25, 0.3) is 11.3 Å². The van der Waals surface area contributed by atoms with Gasteiger partial charge in [0.15, 0.2) is 0 Å². The van der Waals surface area contributed by atoms with Gasteiger partial charge in [-0.3, -0.25) is 14.5 Å². The van der Waals surface area contributed by atoms with Crippen LogP contribution >= 0.6 is 11.5 Å². The molecule has 0 saturated heterocycles. The van der Waals surface area contributed by atoms with Crippen LogP contribution in [0.1, 0.15) is 53.9 Å². The van der Waals surface area contributed by atoms with Gasteiger partial charge in [0.2, 0.25) is 5.91 Å². The molecule has 0 unspecified atom stereocenters. The Hall–Kier alpha value is -4.57. The molecular weight excluding hydrogens is 564 g/mol. The molecule has 224 valence electrons. The summed E-state index contributed by atoms with van der Waals surface area (Å²) in [4.78, 5) is 30.4. The number of rotatable bonds is 11. The van der Waals surface area contributed by atoms with Crippen molar-refractivity contribution in [3.63, 3.8) is 0 Å². The molecule has 0 bridgehead atoms. The van der Waals surface area contributed by atoms with Crippen molar-refractivity contribution in [1.82, 2.24) is 9.69 Å². The highest BCUT2D eigenvalue weighted by Gasteiger charge is 2.37. The molecule has 2 amide bonds. The summed E-state index contributed by atoms with van der Waals surface area (Å²) in [5, 5.41) is 3.21. The molecule has 3 aromatic carbocycles. The number of amides is 2. The summed E-state index contributed by atoms with van der Waals surface area (Å²) in [6, 6.07) is 20.7. The van der Waals surface area contributed by atoms with E-state index in [1.54, 1.807) is 50.6 Å². The third-order valence-corrected chi connectivity index (χ3v) is 8.42. The molecule has 1 heterocycles. The summed E-state index contributed by atoms with van der Waals surface area (Å²) in [6.07, 6.45) is 3.94. The lowest BCUT2D eigenvalue weighted by molar-refractivity contribution is -0.123. The van der Waals surface area contributed by atoms with Crippen LogP contribution in [0.5, 0.6) is 17.2 Å². The number of methoxy groups -OCH3 is 2. The SMILES string of the molecule is CCOc1ccc(N(C(=O)c2snc(-c3ccc(OC)cc3)c2N)[C@@H](C(=O)NC2CCCC2)c2ccc(OC)cc2)cc1. The molecule has 0 spiro atoms. The molecule has 1 aliphatic carbocycles. The Morgan fingerprint density at radius 3 is 2.09 bits per heavy atom. The van der Waals surface area contributed by atoms with Crippen LogP contribution in [0.4, 0.5) is 11.4 Å². The van der Waals surface area contributed by atoms with Gasteiger partial charge < -0.3 is 25.3 Å². The lowest BCUT2D eigenvalue weighted by atomic mass is 10.0. The first-order valence-electron chi connectivity index (χ1n) is 14.3. The third-order valence-electron chi connectivity index (χ3n) is 7.57. The Labute approximate surface area is 255 Å². The summed E-state index contributed by atoms with van der Waals surface area (Å²) in [6.45, 7) is 2.41. The molecule has 10 heteroatoms. The second-order valence-electron chi connectivity index (χ2n) is 10.3. The van der Waals surface area contributed by atoms with E-state index in [1.165, 1.54) is 4.90 Å². The van der Waals surface area contributed by atoms with Crippen molar-refractivity contribution in [3.05, 3.63) is 83.2 Å². The van der Waals surface area contributed by atoms with Gasteiger partial charge in [-0.2, -0.15) is 4.37 Å². The Balaban J connectivity index is 1.60. The van der Waals surface area contributed by atoms with Crippen LogP contribution in [0.2, 0.25) is 0 Å². The monoisotopic (exact) mass is 600 g/mol. The van der Waals surface area contributed by atoms with E-state index in [4.69, 9.17) is 19.9 Å². The fourth-order valence-electron chi connectivity index (χ4n) is 5.33. The lowest BCUT2D eigenvalue weighted by Gasteiger charge is -2.32. The third kappa shape index (κ3) is 6.59. The Kier molecular flexibility index (Phi) is 9.46. The van der Waals surface area contributed by atoms with Gasteiger partial charge in [0.1, 0.15) is 33.9 Å². The number of anilines is 2. The number of nitrogens with two attached hydrogens (primary N) is 1. The number of benzene rings is 3. The summed E-state index contributed by atoms with van der Waals surface area (Å²) in [5.74, 6) is 1.31. The first-order valence-corrected chi connectivity index (χ1v) is 15.1. The zero-order valence-electron chi connectivity index (χ0n) is 24.5. The molecule has 1 saturated carbocycles. The molecule has 0 aliphatic heterocycles. The van der Waals surface area contributed by atoms with E-state index in [9.17, 15) is 9.59 Å². The normalized spacial score (nSPS) is 13.7. The molecule has 43 heavy (non-hydrogen) atoms. The molecule has 9 nitrogen and oxygen atoms in total. The van der Waals surface area contributed by atoms with Gasteiger partial charge in [0.05, 0.1) is 26.5 Å². The quantitative estimate of drug-likeness (QED) is 0.209. The van der Waals surface area contributed by atoms with Crippen LogP contribution in [0.3, 0.4) is 0 Å². The van der Waals surface area contributed by atoms with E-state index in [1.807, 2.05) is 43.3 Å². The minimum atomic E-state index is -0.983. The van der Waals surface area contributed by atoms with Gasteiger partial charge in [0, 0.05) is 17.3 Å². The van der Waals surface area contributed by atoms with E-state index >= 15 is 0 Å². The summed E-state index contributed by atoms with van der Waals surface area (Å²) in [5.41, 5.74) is 9.27. The van der Waals surface area contributed by atoms with Gasteiger partial charge in [-0.15, -0.1) is 0 Å². The highest BCUT2D eigenvalue weighted by Crippen LogP contribution is 2.37. The van der Waals surface area contributed by atoms with Gasteiger partial charge in [-0.25, -0.2) is 0 Å². The van der Waals surface area contributed by atoms with Crippen LogP contribution < -0.4 is 30.2 Å². The van der Waals surface area contributed by atoms with Crippen molar-refractivity contribution < 1.29 is 23.8 Å². The van der Waals surface area contributed by atoms with Gasteiger partial charge >= 0.3 is 0 Å². The predicted octanol–water partition coefficient (Wildman–Crippen LogP) is 6.26. The Morgan fingerprint density at radius 2 is 1.51 bits per heavy atom. The predicted molar refractivity (Wildman–Crippen MR) is 169 cm³/mol. The number of hydrogen-bond acceptors (Lipinski definition) is 8. The molecule has 1 aromatic heterocycles. The average Bonchev–Trinajstić information content (AvgIpc) is 3.69. The van der Waals surface area contributed by atoms with E-state index in [-0.39, 0.29) is 22.5 Å². The first-order chi connectivity index (χ1) is 20.9. The van der Waals surface area contributed by atoms with Crippen LogP contribution in [0.15, 0.2) is 72.8 Å². The Bertz CT molecular complexity index is 1530. The minimum absolute atomic E-state index is 0.0562. The van der Waals surface area contributed by atoms with Crippen molar-refractivity contribution in [2.45, 2.75) is 44.7 Å². The van der Waals surface area contributed by atoms with E-state index in [2.05, 4.69) is 9.69 Å². The molecule has 1 fully saturated rings. The van der Waals surface area contributed by atoms with Crippen LogP contribution in [-0.4, -0.2) is 43.1 Å². The van der Waals surface area contributed by atoms with Gasteiger partial charge in [-0.1, -0.05) is 25.0 Å². The maximum atomic E-state index is 14.6. The highest BCUT2D eigenvalue weighted by molar-refractivity contribution is 7.09. The lowest BCUT2D eigenvalue weighted by Crippen LogP contribution is -2.46. The number of nitrogens with one attached hydrogen (secondary N) is 1. The van der Waals surface area contributed by atoms with Crippen molar-refractivity contribution in [2.75, 3.05) is 31.5 Å². The average molecular weight is 601 g/mol. The highest BCUT2D eigenvalue weighted by atomic mass is 32.1. The fraction of sp³-hybridized carbons (Fsp3) is 0.303. The summed E-state index contributed by atoms with van der Waals surface area (Å²) < 4.78 is 20.8. The topological polar surface area (TPSA) is 116 Å². The maximum Gasteiger partial charge on any atom is 0.273 e. The van der Waals surface area contributed by atoms with Crippen molar-refractivity contribution in [1.29, 1.82) is 0 Å². The smallest absolute Gasteiger partial charge is 0.273 e. The number of nitrogen functional groups attached to an aromatic ring is 1. The number of carbonyl (C=O) groups is 2. The molecule has 4 aromatic rings. The van der Waals surface area contributed by atoms with Crippen molar-refractivity contribution >= 4 is 34.7 Å². The number of ether oxygens (including phenoxy) is 3. The zero-order valence-corrected chi connectivity index (χ0v) is 25.4. The number of aromatic nitrogens is 1. The fourth-order valence-corrected chi connectivity index (χ4v) is 6.08. The summed E-state index contributed by atoms with van der Waals surface area (Å²) >= 11 is 1.01. The molecule has 0 radical (unpaired) electrons. The molecule has 1 atom stereocenters. The first kappa shape index (κ1) is 29.9. The molecular formula is C33H36N4O5S. The van der Waals surface area contributed by atoms with Crippen molar-refractivity contribution in [2.24, 2.45) is 0 Å². The van der Waals surface area contributed by atoms with Gasteiger partial charge in [-0.05, 0) is 97.5 Å². The minimum Gasteiger partial charge on any atom is -0.497 e. The van der Waals surface area contributed by atoms with Crippen molar-refractivity contribution in [3.8, 4) is 28.5 Å². The van der Waals surface area contributed by atoms with Crippen LogP contribution in [-0.2, 0) is 4.79 Å². The van der Waals surface area contributed by atoms with E-state index < -0.39 is 11.9 Å². The second kappa shape index (κ2) is 13.6. The number of nitrogens with zero attached hydrogens (tertiary/aromatic N) is 2. The molecule has 3 N–H and O–H groups in total. The maximum absolute atomic E-state index is 14.6. The number of carbonyl (C=O) groups excluding carboxylic acids is 2. The summed E-state index contributed by atoms with van der Waals surface area (Å²) in [7, 11) is 3.18. The van der Waals surface area contributed by atoms with E-state index in [0.29, 0.717) is 40.8 Å². The molecule has 5 rings (SSSR count). The largest absolute Gasteiger partial charge is 0.497 e.